The zero-order valence-corrected chi connectivity index (χ0v) is 12.6. The quantitative estimate of drug-likeness (QED) is 0.799. The van der Waals surface area contributed by atoms with E-state index in [-0.39, 0.29) is 17.9 Å². The van der Waals surface area contributed by atoms with Gasteiger partial charge >= 0.3 is 0 Å². The van der Waals surface area contributed by atoms with E-state index in [4.69, 9.17) is 4.42 Å². The molecule has 0 aromatic carbocycles. The van der Waals surface area contributed by atoms with Gasteiger partial charge in [-0.2, -0.15) is 0 Å². The molecule has 21 heavy (non-hydrogen) atoms. The summed E-state index contributed by atoms with van der Waals surface area (Å²) >= 11 is 1.63. The van der Waals surface area contributed by atoms with Crippen molar-refractivity contribution in [1.82, 2.24) is 9.80 Å². The Balaban J connectivity index is 1.65. The molecule has 3 rings (SSSR count). The Morgan fingerprint density at radius 2 is 2.14 bits per heavy atom. The Morgan fingerprint density at radius 3 is 2.86 bits per heavy atom. The molecule has 0 radical (unpaired) electrons. The number of carbonyl (C=O) groups is 2. The SMILES string of the molecule is O=C(C1CSCN1C(=O)C=Cc1ccco1)N1CCCC1. The Morgan fingerprint density at radius 1 is 1.33 bits per heavy atom. The lowest BCUT2D eigenvalue weighted by molar-refractivity contribution is -0.140. The number of furan rings is 1. The van der Waals surface area contributed by atoms with Gasteiger partial charge in [0.2, 0.25) is 11.8 Å². The molecule has 1 aromatic rings. The van der Waals surface area contributed by atoms with Crippen LogP contribution in [0.2, 0.25) is 0 Å². The monoisotopic (exact) mass is 306 g/mol. The highest BCUT2D eigenvalue weighted by molar-refractivity contribution is 7.99. The Labute approximate surface area is 128 Å². The van der Waals surface area contributed by atoms with Gasteiger partial charge in [0.25, 0.3) is 0 Å². The highest BCUT2D eigenvalue weighted by Crippen LogP contribution is 2.24. The van der Waals surface area contributed by atoms with Crippen LogP contribution in [0.4, 0.5) is 0 Å². The fourth-order valence-corrected chi connectivity index (χ4v) is 3.80. The normalized spacial score (nSPS) is 22.4. The van der Waals surface area contributed by atoms with E-state index in [1.807, 2.05) is 4.90 Å². The van der Waals surface area contributed by atoms with Crippen LogP contribution in [0.3, 0.4) is 0 Å². The Bertz CT molecular complexity index is 535. The number of rotatable bonds is 3. The molecule has 1 aromatic heterocycles. The largest absolute Gasteiger partial charge is 0.465 e. The lowest BCUT2D eigenvalue weighted by Crippen LogP contribution is -2.47. The molecular weight excluding hydrogens is 288 g/mol. The summed E-state index contributed by atoms with van der Waals surface area (Å²) < 4.78 is 5.16. The van der Waals surface area contributed by atoms with E-state index in [2.05, 4.69) is 0 Å². The Kier molecular flexibility index (Phi) is 4.34. The highest BCUT2D eigenvalue weighted by Gasteiger charge is 2.36. The third-order valence-corrected chi connectivity index (χ3v) is 4.81. The minimum Gasteiger partial charge on any atom is -0.465 e. The maximum Gasteiger partial charge on any atom is 0.248 e. The summed E-state index contributed by atoms with van der Waals surface area (Å²) in [4.78, 5) is 28.3. The van der Waals surface area contributed by atoms with Gasteiger partial charge in [-0.1, -0.05) is 0 Å². The molecule has 0 saturated carbocycles. The van der Waals surface area contributed by atoms with Crippen molar-refractivity contribution in [2.24, 2.45) is 0 Å². The minimum atomic E-state index is -0.318. The lowest BCUT2D eigenvalue weighted by atomic mass is 10.2. The summed E-state index contributed by atoms with van der Waals surface area (Å²) in [6.07, 6.45) is 6.82. The number of likely N-dealkylation sites (tertiary alicyclic amines) is 1. The molecule has 112 valence electrons. The molecule has 2 aliphatic heterocycles. The summed E-state index contributed by atoms with van der Waals surface area (Å²) in [6, 6.07) is 3.24. The van der Waals surface area contributed by atoms with E-state index in [1.54, 1.807) is 41.1 Å². The number of hydrogen-bond donors (Lipinski definition) is 0. The zero-order chi connectivity index (χ0) is 14.7. The van der Waals surface area contributed by atoms with Gasteiger partial charge in [0.1, 0.15) is 11.8 Å². The Hall–Kier alpha value is -1.69. The fourth-order valence-electron chi connectivity index (χ4n) is 2.65. The van der Waals surface area contributed by atoms with Crippen molar-refractivity contribution in [2.45, 2.75) is 18.9 Å². The van der Waals surface area contributed by atoms with Gasteiger partial charge in [-0.3, -0.25) is 9.59 Å². The molecule has 3 heterocycles. The van der Waals surface area contributed by atoms with Crippen molar-refractivity contribution in [3.05, 3.63) is 30.2 Å². The molecule has 1 unspecified atom stereocenters. The van der Waals surface area contributed by atoms with Crippen molar-refractivity contribution >= 4 is 29.7 Å². The fraction of sp³-hybridized carbons (Fsp3) is 0.467. The van der Waals surface area contributed by atoms with Crippen LogP contribution in [-0.2, 0) is 9.59 Å². The first-order valence-corrected chi connectivity index (χ1v) is 8.30. The van der Waals surface area contributed by atoms with Crippen molar-refractivity contribution in [1.29, 1.82) is 0 Å². The van der Waals surface area contributed by atoms with E-state index in [0.29, 0.717) is 17.4 Å². The molecule has 5 nitrogen and oxygen atoms in total. The van der Waals surface area contributed by atoms with Crippen LogP contribution in [0.5, 0.6) is 0 Å². The summed E-state index contributed by atoms with van der Waals surface area (Å²) in [5.41, 5.74) is 0. The first kappa shape index (κ1) is 14.3. The maximum absolute atomic E-state index is 12.5. The van der Waals surface area contributed by atoms with Gasteiger partial charge in [-0.15, -0.1) is 11.8 Å². The second-order valence-electron chi connectivity index (χ2n) is 5.20. The molecule has 2 aliphatic rings. The predicted molar refractivity (Wildman–Crippen MR) is 81.5 cm³/mol. The first-order valence-electron chi connectivity index (χ1n) is 7.14. The number of carbonyl (C=O) groups excluding carboxylic acids is 2. The van der Waals surface area contributed by atoms with Crippen LogP contribution in [-0.4, -0.2) is 52.4 Å². The van der Waals surface area contributed by atoms with Gasteiger partial charge in [-0.25, -0.2) is 0 Å². The highest BCUT2D eigenvalue weighted by atomic mass is 32.2. The van der Waals surface area contributed by atoms with Crippen molar-refractivity contribution in [3.8, 4) is 0 Å². The maximum atomic E-state index is 12.5. The molecular formula is C15H18N2O3S. The smallest absolute Gasteiger partial charge is 0.248 e. The number of nitrogens with zero attached hydrogens (tertiary/aromatic N) is 2. The second-order valence-corrected chi connectivity index (χ2v) is 6.20. The van der Waals surface area contributed by atoms with Crippen molar-refractivity contribution < 1.29 is 14.0 Å². The average Bonchev–Trinajstić information content (AvgIpc) is 3.26. The van der Waals surface area contributed by atoms with Gasteiger partial charge in [0.15, 0.2) is 0 Å². The standard InChI is InChI=1S/C15H18N2O3S/c18-14(6-5-12-4-3-9-20-12)17-11-21-10-13(17)15(19)16-7-1-2-8-16/h3-6,9,13H,1-2,7-8,10-11H2. The minimum absolute atomic E-state index is 0.0947. The van der Waals surface area contributed by atoms with E-state index in [0.717, 1.165) is 25.9 Å². The molecule has 2 amide bonds. The van der Waals surface area contributed by atoms with Crippen LogP contribution >= 0.6 is 11.8 Å². The van der Waals surface area contributed by atoms with Crippen LogP contribution in [0.15, 0.2) is 28.9 Å². The topological polar surface area (TPSA) is 53.8 Å². The third kappa shape index (κ3) is 3.15. The summed E-state index contributed by atoms with van der Waals surface area (Å²) in [5.74, 6) is 1.87. The summed E-state index contributed by atoms with van der Waals surface area (Å²) in [7, 11) is 0. The summed E-state index contributed by atoms with van der Waals surface area (Å²) in [6.45, 7) is 1.65. The molecule has 2 saturated heterocycles. The molecule has 0 bridgehead atoms. The van der Waals surface area contributed by atoms with E-state index < -0.39 is 0 Å². The molecule has 6 heteroatoms. The van der Waals surface area contributed by atoms with Crippen LogP contribution in [0.1, 0.15) is 18.6 Å². The van der Waals surface area contributed by atoms with Gasteiger partial charge < -0.3 is 14.2 Å². The van der Waals surface area contributed by atoms with Crippen molar-refractivity contribution in [2.75, 3.05) is 24.7 Å². The number of amides is 2. The predicted octanol–water partition coefficient (Wildman–Crippen LogP) is 1.82. The zero-order valence-electron chi connectivity index (χ0n) is 11.7. The molecule has 0 aliphatic carbocycles. The molecule has 2 fully saturated rings. The van der Waals surface area contributed by atoms with Crippen LogP contribution < -0.4 is 0 Å². The van der Waals surface area contributed by atoms with Crippen LogP contribution in [0, 0.1) is 0 Å². The third-order valence-electron chi connectivity index (χ3n) is 3.80. The molecule has 0 N–H and O–H groups in total. The molecule has 1 atom stereocenters. The number of hydrogen-bond acceptors (Lipinski definition) is 4. The second kappa shape index (κ2) is 6.39. The lowest BCUT2D eigenvalue weighted by Gasteiger charge is -2.26. The first-order chi connectivity index (χ1) is 10.3. The van der Waals surface area contributed by atoms with Gasteiger partial charge in [-0.05, 0) is 31.1 Å². The summed E-state index contributed by atoms with van der Waals surface area (Å²) in [5, 5.41) is 0. The van der Waals surface area contributed by atoms with Crippen molar-refractivity contribution in [3.63, 3.8) is 0 Å². The van der Waals surface area contributed by atoms with Gasteiger partial charge in [0, 0.05) is 24.9 Å². The number of thioether (sulfide) groups is 1. The van der Waals surface area contributed by atoms with E-state index in [1.165, 1.54) is 6.08 Å². The average molecular weight is 306 g/mol. The van der Waals surface area contributed by atoms with E-state index in [9.17, 15) is 9.59 Å². The molecule has 0 spiro atoms. The van der Waals surface area contributed by atoms with Crippen LogP contribution in [0.25, 0.3) is 6.08 Å². The van der Waals surface area contributed by atoms with E-state index >= 15 is 0 Å². The van der Waals surface area contributed by atoms with Gasteiger partial charge in [0.05, 0.1) is 12.1 Å².